The Morgan fingerprint density at radius 2 is 1.75 bits per heavy atom. The molecule has 4 heterocycles. The van der Waals surface area contributed by atoms with Crippen LogP contribution in [0.5, 0.6) is 5.75 Å². The lowest BCUT2D eigenvalue weighted by Crippen LogP contribution is -2.21. The molecule has 4 aromatic heterocycles. The Hall–Kier alpha value is -5.10. The maximum atomic E-state index is 12.9. The molecule has 0 fully saturated rings. The van der Waals surface area contributed by atoms with Crippen molar-refractivity contribution in [2.45, 2.75) is 17.7 Å². The number of alkyl halides is 5. The Morgan fingerprint density at radius 3 is 2.39 bits per heavy atom. The zero-order chi connectivity index (χ0) is 32.2. The highest BCUT2D eigenvalue weighted by Crippen LogP contribution is 2.31. The number of sulfonamides is 1. The van der Waals surface area contributed by atoms with Gasteiger partial charge in [0.05, 0.1) is 16.3 Å². The van der Waals surface area contributed by atoms with Crippen LogP contribution in [0, 0.1) is 0 Å². The SMILES string of the molecule is Nc1nc2ccc(-c3cnc(Cl)c(NS(=O)(=O)c4cccc(OC(F)F)c4)c3)nn2c1-c1ccncc1.O=C(O)C(F)(F)F. The van der Waals surface area contributed by atoms with Crippen LogP contribution in [0.4, 0.5) is 33.5 Å². The van der Waals surface area contributed by atoms with E-state index < -0.39 is 28.8 Å². The van der Waals surface area contributed by atoms with Crippen molar-refractivity contribution in [3.05, 3.63) is 78.3 Å². The summed E-state index contributed by atoms with van der Waals surface area (Å²) < 4.78 is 90.9. The van der Waals surface area contributed by atoms with Gasteiger partial charge in [0, 0.05) is 35.8 Å². The van der Waals surface area contributed by atoms with Crippen LogP contribution in [-0.2, 0) is 14.8 Å². The van der Waals surface area contributed by atoms with Gasteiger partial charge in [-0.3, -0.25) is 9.71 Å². The number of benzene rings is 1. The van der Waals surface area contributed by atoms with Gasteiger partial charge in [-0.05, 0) is 42.5 Å². The van der Waals surface area contributed by atoms with Crippen molar-refractivity contribution < 1.29 is 45.0 Å². The monoisotopic (exact) mass is 657 g/mol. The predicted molar refractivity (Wildman–Crippen MR) is 146 cm³/mol. The molecular weight excluding hydrogens is 641 g/mol. The van der Waals surface area contributed by atoms with Gasteiger partial charge in [-0.1, -0.05) is 17.7 Å². The fourth-order valence-electron chi connectivity index (χ4n) is 3.57. The number of fused-ring (bicyclic) bond motifs is 1. The number of aliphatic carboxylic acids is 1. The molecule has 4 N–H and O–H groups in total. The summed E-state index contributed by atoms with van der Waals surface area (Å²) in [5, 5.41) is 11.6. The first-order valence-electron chi connectivity index (χ1n) is 11.7. The van der Waals surface area contributed by atoms with E-state index in [4.69, 9.17) is 27.2 Å². The van der Waals surface area contributed by atoms with Gasteiger partial charge < -0.3 is 15.6 Å². The summed E-state index contributed by atoms with van der Waals surface area (Å²) in [6.45, 7) is -3.10. The highest BCUT2D eigenvalue weighted by Gasteiger charge is 2.38. The van der Waals surface area contributed by atoms with Gasteiger partial charge in [-0.2, -0.15) is 27.1 Å². The number of ether oxygens (including phenoxy) is 1. The largest absolute Gasteiger partial charge is 0.490 e. The Morgan fingerprint density at radius 1 is 1.07 bits per heavy atom. The number of nitrogen functional groups attached to an aromatic ring is 1. The van der Waals surface area contributed by atoms with E-state index in [0.717, 1.165) is 11.6 Å². The minimum Gasteiger partial charge on any atom is -0.475 e. The fourth-order valence-corrected chi connectivity index (χ4v) is 4.86. The molecule has 230 valence electrons. The molecule has 0 aliphatic rings. The second-order valence-corrected chi connectivity index (χ2v) is 10.4. The molecule has 5 aromatic rings. The lowest BCUT2D eigenvalue weighted by Gasteiger charge is -2.12. The van der Waals surface area contributed by atoms with E-state index in [9.17, 15) is 30.4 Å². The van der Waals surface area contributed by atoms with Crippen molar-refractivity contribution in [1.82, 2.24) is 24.6 Å². The summed E-state index contributed by atoms with van der Waals surface area (Å²) in [4.78, 5) is 21.0. The second-order valence-electron chi connectivity index (χ2n) is 8.39. The van der Waals surface area contributed by atoms with Crippen molar-refractivity contribution in [3.8, 4) is 28.3 Å². The number of aromatic nitrogens is 5. The summed E-state index contributed by atoms with van der Waals surface area (Å²) in [5.74, 6) is -2.79. The number of carbonyl (C=O) groups is 1. The lowest BCUT2D eigenvalue weighted by molar-refractivity contribution is -0.192. The number of hydrogen-bond acceptors (Lipinski definition) is 9. The molecule has 0 amide bonds. The molecular formula is C25H17ClF5N7O5S. The summed E-state index contributed by atoms with van der Waals surface area (Å²) >= 11 is 6.16. The second kappa shape index (κ2) is 12.6. The summed E-state index contributed by atoms with van der Waals surface area (Å²) in [7, 11) is -4.22. The third kappa shape index (κ3) is 7.45. The highest BCUT2D eigenvalue weighted by atomic mass is 35.5. The van der Waals surface area contributed by atoms with Crippen LogP contribution in [0.2, 0.25) is 5.15 Å². The average molecular weight is 658 g/mol. The van der Waals surface area contributed by atoms with Gasteiger partial charge in [-0.25, -0.2) is 27.7 Å². The van der Waals surface area contributed by atoms with Gasteiger partial charge >= 0.3 is 18.8 Å². The molecule has 0 radical (unpaired) electrons. The number of carboxylic acid groups (broad SMARTS) is 1. The number of pyridine rings is 2. The van der Waals surface area contributed by atoms with E-state index in [-0.39, 0.29) is 27.3 Å². The number of rotatable bonds is 7. The minimum absolute atomic E-state index is 0.0410. The van der Waals surface area contributed by atoms with Crippen LogP contribution in [0.25, 0.3) is 28.2 Å². The minimum atomic E-state index is -5.08. The Balaban J connectivity index is 0.000000566. The van der Waals surface area contributed by atoms with E-state index in [1.54, 1.807) is 41.2 Å². The van der Waals surface area contributed by atoms with E-state index >= 15 is 0 Å². The van der Waals surface area contributed by atoms with E-state index in [2.05, 4.69) is 29.5 Å². The number of halogens is 6. The number of hydrogen-bond donors (Lipinski definition) is 3. The standard InChI is InChI=1S/C23H16ClF2N7O3S.C2HF3O2/c24-21-18(32-37(34,35)16-3-1-2-15(11-16)36-23(25)26)10-14(12-29-21)17-4-5-19-30-22(27)20(33(19)31-17)13-6-8-28-9-7-13;3-2(4,5)1(6)7/h1-12,23,32H,27H2;(H,6,7). The summed E-state index contributed by atoms with van der Waals surface area (Å²) in [5.41, 5.74) is 8.77. The number of anilines is 2. The van der Waals surface area contributed by atoms with Crippen molar-refractivity contribution in [3.63, 3.8) is 0 Å². The van der Waals surface area contributed by atoms with Crippen LogP contribution < -0.4 is 15.2 Å². The molecule has 5 rings (SSSR count). The topological polar surface area (TPSA) is 175 Å². The molecule has 19 heteroatoms. The first kappa shape index (κ1) is 31.8. The number of nitrogens with one attached hydrogen (secondary N) is 1. The molecule has 0 bridgehead atoms. The number of carboxylic acids is 1. The molecule has 0 aliphatic carbocycles. The fraction of sp³-hybridized carbons (Fsp3) is 0.0800. The lowest BCUT2D eigenvalue weighted by atomic mass is 10.2. The zero-order valence-electron chi connectivity index (χ0n) is 21.6. The Bertz CT molecular complexity index is 1930. The quantitative estimate of drug-likeness (QED) is 0.157. The van der Waals surface area contributed by atoms with Gasteiger partial charge in [0.1, 0.15) is 11.4 Å². The number of imidazole rings is 1. The Kier molecular flexibility index (Phi) is 9.14. The summed E-state index contributed by atoms with van der Waals surface area (Å²) in [6, 6.07) is 13.1. The maximum absolute atomic E-state index is 12.9. The van der Waals surface area contributed by atoms with E-state index in [1.807, 2.05) is 0 Å². The molecule has 12 nitrogen and oxygen atoms in total. The van der Waals surface area contributed by atoms with Crippen molar-refractivity contribution in [1.29, 1.82) is 0 Å². The molecule has 0 saturated heterocycles. The summed E-state index contributed by atoms with van der Waals surface area (Å²) in [6.07, 6.45) is -0.415. The van der Waals surface area contributed by atoms with Crippen molar-refractivity contribution in [2.75, 3.05) is 10.5 Å². The van der Waals surface area contributed by atoms with Crippen LogP contribution >= 0.6 is 11.6 Å². The highest BCUT2D eigenvalue weighted by molar-refractivity contribution is 7.92. The normalized spacial score (nSPS) is 11.6. The molecule has 0 aliphatic heterocycles. The molecule has 0 unspecified atom stereocenters. The number of nitrogens with two attached hydrogens (primary N) is 1. The van der Waals surface area contributed by atoms with Crippen LogP contribution in [-0.4, -0.2) is 56.8 Å². The third-order valence-corrected chi connectivity index (χ3v) is 7.09. The Labute approximate surface area is 249 Å². The van der Waals surface area contributed by atoms with E-state index in [0.29, 0.717) is 22.6 Å². The molecule has 0 saturated carbocycles. The third-order valence-electron chi connectivity index (χ3n) is 5.42. The van der Waals surface area contributed by atoms with Gasteiger partial charge in [0.25, 0.3) is 10.0 Å². The van der Waals surface area contributed by atoms with Gasteiger partial charge in [0.2, 0.25) is 0 Å². The molecule has 1 aromatic carbocycles. The van der Waals surface area contributed by atoms with E-state index in [1.165, 1.54) is 30.5 Å². The number of nitrogens with zero attached hydrogens (tertiary/aromatic N) is 5. The van der Waals surface area contributed by atoms with Crippen molar-refractivity contribution >= 4 is 44.7 Å². The molecule has 0 atom stereocenters. The maximum Gasteiger partial charge on any atom is 0.490 e. The van der Waals surface area contributed by atoms with Crippen LogP contribution in [0.1, 0.15) is 0 Å². The zero-order valence-corrected chi connectivity index (χ0v) is 23.1. The van der Waals surface area contributed by atoms with Gasteiger partial charge in [0.15, 0.2) is 16.6 Å². The average Bonchev–Trinajstić information content (AvgIpc) is 3.29. The molecule has 0 spiro atoms. The van der Waals surface area contributed by atoms with Crippen LogP contribution in [0.3, 0.4) is 0 Å². The first-order valence-corrected chi connectivity index (χ1v) is 13.6. The molecule has 44 heavy (non-hydrogen) atoms. The first-order chi connectivity index (χ1) is 20.7. The van der Waals surface area contributed by atoms with Crippen LogP contribution in [0.15, 0.2) is 78.1 Å². The van der Waals surface area contributed by atoms with Crippen molar-refractivity contribution in [2.24, 2.45) is 0 Å². The smallest absolute Gasteiger partial charge is 0.475 e. The predicted octanol–water partition coefficient (Wildman–Crippen LogP) is 5.12. The van der Waals surface area contributed by atoms with Gasteiger partial charge in [-0.15, -0.1) is 0 Å².